The van der Waals surface area contributed by atoms with Gasteiger partial charge in [0.1, 0.15) is 0 Å². The third kappa shape index (κ3) is 4.83. The summed E-state index contributed by atoms with van der Waals surface area (Å²) in [5.41, 5.74) is 2.17. The number of hydrogen-bond acceptors (Lipinski definition) is 7. The molecule has 0 saturated carbocycles. The Morgan fingerprint density at radius 2 is 2.25 bits per heavy atom. The summed E-state index contributed by atoms with van der Waals surface area (Å²) in [5, 5.41) is 14.3. The lowest BCUT2D eigenvalue weighted by atomic mass is 10.2. The van der Waals surface area contributed by atoms with Gasteiger partial charge in [-0.3, -0.25) is 19.4 Å². The van der Waals surface area contributed by atoms with Crippen LogP contribution in [0.5, 0.6) is 0 Å². The first-order valence-corrected chi connectivity index (χ1v) is 9.10. The minimum Gasteiger partial charge on any atom is -0.348 e. The zero-order chi connectivity index (χ0) is 16.8. The number of piperazine rings is 1. The van der Waals surface area contributed by atoms with Crippen molar-refractivity contribution in [1.29, 1.82) is 0 Å². The number of nitrogens with zero attached hydrogens (tertiary/aromatic N) is 5. The molecule has 9 heteroatoms. The highest BCUT2D eigenvalue weighted by molar-refractivity contribution is 7.09. The van der Waals surface area contributed by atoms with E-state index in [1.807, 2.05) is 13.1 Å². The molecule has 1 aliphatic rings. The highest BCUT2D eigenvalue weighted by atomic mass is 32.1. The molecule has 130 valence electrons. The molecule has 24 heavy (non-hydrogen) atoms. The van der Waals surface area contributed by atoms with E-state index in [1.165, 1.54) is 0 Å². The van der Waals surface area contributed by atoms with Gasteiger partial charge in [0, 0.05) is 56.3 Å². The summed E-state index contributed by atoms with van der Waals surface area (Å²) in [5.74, 6) is -0.180. The van der Waals surface area contributed by atoms with Gasteiger partial charge in [0.05, 0.1) is 18.3 Å². The Balaban J connectivity index is 1.46. The summed E-state index contributed by atoms with van der Waals surface area (Å²) in [6, 6.07) is 0.0314. The van der Waals surface area contributed by atoms with Gasteiger partial charge < -0.3 is 10.6 Å². The van der Waals surface area contributed by atoms with Crippen LogP contribution in [0.3, 0.4) is 0 Å². The monoisotopic (exact) mass is 349 g/mol. The first-order chi connectivity index (χ1) is 11.7. The van der Waals surface area contributed by atoms with E-state index >= 15 is 0 Å². The lowest BCUT2D eigenvalue weighted by molar-refractivity contribution is 0.0935. The van der Waals surface area contributed by atoms with Crippen LogP contribution in [0.4, 0.5) is 0 Å². The zero-order valence-corrected chi connectivity index (χ0v) is 14.6. The highest BCUT2D eigenvalue weighted by Crippen LogP contribution is 2.08. The quantitative estimate of drug-likeness (QED) is 0.732. The topological polar surface area (TPSA) is 88.0 Å². The van der Waals surface area contributed by atoms with Gasteiger partial charge in [-0.15, -0.1) is 16.4 Å². The van der Waals surface area contributed by atoms with Crippen LogP contribution in [0.25, 0.3) is 0 Å². The van der Waals surface area contributed by atoms with Crippen LogP contribution in [0.15, 0.2) is 17.9 Å². The van der Waals surface area contributed by atoms with Crippen LogP contribution in [0, 0.1) is 0 Å². The van der Waals surface area contributed by atoms with Crippen molar-refractivity contribution in [1.82, 2.24) is 35.5 Å². The first-order valence-electron chi connectivity index (χ1n) is 8.22. The molecule has 1 aliphatic heterocycles. The zero-order valence-electron chi connectivity index (χ0n) is 13.8. The maximum atomic E-state index is 12.2. The fourth-order valence-corrected chi connectivity index (χ4v) is 3.41. The summed E-state index contributed by atoms with van der Waals surface area (Å²) < 4.78 is 1.74. The molecule has 0 aliphatic carbocycles. The van der Waals surface area contributed by atoms with Crippen molar-refractivity contribution < 1.29 is 4.79 Å². The van der Waals surface area contributed by atoms with E-state index in [-0.39, 0.29) is 11.9 Å². The molecule has 8 nitrogen and oxygen atoms in total. The summed E-state index contributed by atoms with van der Waals surface area (Å²) in [7, 11) is 0. The summed E-state index contributed by atoms with van der Waals surface area (Å²) >= 11 is 1.59. The Kier molecular flexibility index (Phi) is 5.89. The second-order valence-electron chi connectivity index (χ2n) is 6.00. The molecule has 1 unspecified atom stereocenters. The van der Waals surface area contributed by atoms with E-state index in [0.29, 0.717) is 5.69 Å². The van der Waals surface area contributed by atoms with Crippen molar-refractivity contribution >= 4 is 17.2 Å². The second kappa shape index (κ2) is 8.32. The molecule has 0 spiro atoms. The van der Waals surface area contributed by atoms with Crippen molar-refractivity contribution in [3.8, 4) is 0 Å². The second-order valence-corrected chi connectivity index (χ2v) is 6.98. The van der Waals surface area contributed by atoms with Gasteiger partial charge >= 0.3 is 0 Å². The van der Waals surface area contributed by atoms with E-state index in [1.54, 1.807) is 27.7 Å². The summed E-state index contributed by atoms with van der Waals surface area (Å²) in [6.45, 7) is 7.82. The largest absolute Gasteiger partial charge is 0.348 e. The molecule has 1 fully saturated rings. The molecule has 3 rings (SSSR count). The predicted octanol–water partition coefficient (Wildman–Crippen LogP) is 0.000800. The molecule has 2 aromatic rings. The molecule has 0 aromatic carbocycles. The Morgan fingerprint density at radius 3 is 3.00 bits per heavy atom. The van der Waals surface area contributed by atoms with Crippen LogP contribution in [0.1, 0.15) is 22.3 Å². The fourth-order valence-electron chi connectivity index (χ4n) is 2.68. The fraction of sp³-hybridized carbons (Fsp3) is 0.600. The molecule has 3 heterocycles. The maximum absolute atomic E-state index is 12.2. The van der Waals surface area contributed by atoms with Gasteiger partial charge in [0.25, 0.3) is 5.91 Å². The average Bonchev–Trinajstić information content (AvgIpc) is 3.25. The number of nitrogens with one attached hydrogen (secondary N) is 2. The van der Waals surface area contributed by atoms with Crippen LogP contribution >= 0.6 is 11.3 Å². The Bertz CT molecular complexity index is 636. The number of carbonyl (C=O) groups excluding carboxylic acids is 1. The first kappa shape index (κ1) is 17.0. The van der Waals surface area contributed by atoms with Crippen molar-refractivity contribution in [2.75, 3.05) is 32.7 Å². The van der Waals surface area contributed by atoms with Gasteiger partial charge in [-0.25, -0.2) is 0 Å². The van der Waals surface area contributed by atoms with Crippen LogP contribution in [-0.2, 0) is 13.0 Å². The van der Waals surface area contributed by atoms with Crippen molar-refractivity contribution in [2.45, 2.75) is 25.9 Å². The van der Waals surface area contributed by atoms with E-state index in [2.05, 4.69) is 30.8 Å². The SMILES string of the molecule is CC(Cc1cncs1)NC(=O)c1cn(CCN2CCNCC2)nn1. The average molecular weight is 349 g/mol. The molecule has 1 atom stereocenters. The molecule has 1 amide bonds. The van der Waals surface area contributed by atoms with Gasteiger partial charge in [0.2, 0.25) is 0 Å². The molecular formula is C15H23N7OS. The van der Waals surface area contributed by atoms with Crippen molar-refractivity contribution in [3.63, 3.8) is 0 Å². The summed E-state index contributed by atoms with van der Waals surface area (Å²) in [6.07, 6.45) is 4.32. The molecule has 0 bridgehead atoms. The van der Waals surface area contributed by atoms with E-state index < -0.39 is 0 Å². The Morgan fingerprint density at radius 1 is 1.42 bits per heavy atom. The molecule has 2 aromatic heterocycles. The maximum Gasteiger partial charge on any atom is 0.273 e. The Labute approximate surface area is 145 Å². The normalized spacial score (nSPS) is 16.9. The van der Waals surface area contributed by atoms with Crippen LogP contribution in [-0.4, -0.2) is 69.6 Å². The van der Waals surface area contributed by atoms with Gasteiger partial charge in [-0.2, -0.15) is 0 Å². The number of carbonyl (C=O) groups is 1. The number of rotatable bonds is 7. The van der Waals surface area contributed by atoms with Gasteiger partial charge in [0.15, 0.2) is 5.69 Å². The minimum absolute atomic E-state index is 0.0314. The lowest BCUT2D eigenvalue weighted by Crippen LogP contribution is -2.44. The van der Waals surface area contributed by atoms with Gasteiger partial charge in [-0.05, 0) is 6.92 Å². The van der Waals surface area contributed by atoms with Crippen molar-refractivity contribution in [2.24, 2.45) is 0 Å². The third-order valence-corrected chi connectivity index (χ3v) is 4.80. The predicted molar refractivity (Wildman–Crippen MR) is 92.1 cm³/mol. The standard InChI is InChI=1S/C15H23N7OS/c1-12(8-13-9-17-11-24-13)18-15(23)14-10-22(20-19-14)7-6-21-4-2-16-3-5-21/h9-12,16H,2-8H2,1H3,(H,18,23). The molecular weight excluding hydrogens is 326 g/mol. The van der Waals surface area contributed by atoms with E-state index in [0.717, 1.165) is 50.6 Å². The smallest absolute Gasteiger partial charge is 0.273 e. The minimum atomic E-state index is -0.180. The molecule has 0 radical (unpaired) electrons. The molecule has 2 N–H and O–H groups in total. The van der Waals surface area contributed by atoms with Crippen molar-refractivity contribution in [3.05, 3.63) is 28.5 Å². The summed E-state index contributed by atoms with van der Waals surface area (Å²) in [4.78, 5) is 19.8. The number of aromatic nitrogens is 4. The third-order valence-electron chi connectivity index (χ3n) is 3.99. The van der Waals surface area contributed by atoms with E-state index in [9.17, 15) is 4.79 Å². The van der Waals surface area contributed by atoms with Crippen LogP contribution in [0.2, 0.25) is 0 Å². The lowest BCUT2D eigenvalue weighted by Gasteiger charge is -2.26. The number of hydrogen-bond donors (Lipinski definition) is 2. The number of amides is 1. The Hall–Kier alpha value is -1.84. The number of thiazole rings is 1. The highest BCUT2D eigenvalue weighted by Gasteiger charge is 2.15. The van der Waals surface area contributed by atoms with Crippen LogP contribution < -0.4 is 10.6 Å². The van der Waals surface area contributed by atoms with E-state index in [4.69, 9.17) is 0 Å². The molecule has 1 saturated heterocycles. The van der Waals surface area contributed by atoms with Gasteiger partial charge in [-0.1, -0.05) is 5.21 Å².